The first-order valence-corrected chi connectivity index (χ1v) is 9.02. The van der Waals surface area contributed by atoms with E-state index in [1.54, 1.807) is 24.4 Å². The highest BCUT2D eigenvalue weighted by Crippen LogP contribution is 2.30. The van der Waals surface area contributed by atoms with Crippen molar-refractivity contribution in [2.75, 3.05) is 4.72 Å². The van der Waals surface area contributed by atoms with Gasteiger partial charge in [0.1, 0.15) is 10.6 Å². The Kier molecular flexibility index (Phi) is 5.04. The minimum absolute atomic E-state index is 0.0484. The zero-order valence-electron chi connectivity index (χ0n) is 13.6. The van der Waals surface area contributed by atoms with Crippen LogP contribution in [0.25, 0.3) is 0 Å². The summed E-state index contributed by atoms with van der Waals surface area (Å²) in [5, 5.41) is 4.04. The molecule has 0 aliphatic heterocycles. The molecule has 0 saturated heterocycles. The van der Waals surface area contributed by atoms with E-state index in [-0.39, 0.29) is 5.82 Å². The monoisotopic (exact) mass is 398 g/mol. The van der Waals surface area contributed by atoms with Gasteiger partial charge in [0, 0.05) is 18.5 Å². The number of nitrogens with one attached hydrogen (secondary N) is 1. The van der Waals surface area contributed by atoms with Gasteiger partial charge in [-0.2, -0.15) is 5.10 Å². The third kappa shape index (κ3) is 4.97. The Morgan fingerprint density at radius 1 is 1.07 bits per heavy atom. The predicted molar refractivity (Wildman–Crippen MR) is 89.5 cm³/mol. The highest BCUT2D eigenvalue weighted by molar-refractivity contribution is 7.92. The lowest BCUT2D eigenvalue weighted by molar-refractivity contribution is -0.275. The van der Waals surface area contributed by atoms with Crippen LogP contribution in [-0.4, -0.2) is 29.5 Å². The summed E-state index contributed by atoms with van der Waals surface area (Å²) in [4.78, 5) is 3.48. The van der Waals surface area contributed by atoms with Crippen LogP contribution in [0.2, 0.25) is 0 Å². The lowest BCUT2D eigenvalue weighted by Gasteiger charge is -2.13. The van der Waals surface area contributed by atoms with Crippen LogP contribution in [0.4, 0.5) is 19.0 Å². The Labute approximate surface area is 152 Å². The van der Waals surface area contributed by atoms with Gasteiger partial charge >= 0.3 is 6.36 Å². The summed E-state index contributed by atoms with van der Waals surface area (Å²) < 4.78 is 69.7. The van der Waals surface area contributed by atoms with Crippen LogP contribution in [0, 0.1) is 0 Å². The van der Waals surface area contributed by atoms with E-state index in [2.05, 4.69) is 19.5 Å². The van der Waals surface area contributed by atoms with Crippen molar-refractivity contribution in [2.24, 2.45) is 0 Å². The maximum absolute atomic E-state index is 12.5. The summed E-state index contributed by atoms with van der Waals surface area (Å²) in [5.74, 6) is -0.877. The molecule has 142 valence electrons. The molecule has 0 radical (unpaired) electrons. The zero-order valence-corrected chi connectivity index (χ0v) is 14.4. The van der Waals surface area contributed by atoms with Crippen LogP contribution < -0.4 is 9.46 Å². The second-order valence-corrected chi connectivity index (χ2v) is 6.97. The molecule has 0 unspecified atom stereocenters. The molecule has 0 amide bonds. The van der Waals surface area contributed by atoms with Crippen molar-refractivity contribution in [3.63, 3.8) is 0 Å². The summed E-state index contributed by atoms with van der Waals surface area (Å²) >= 11 is 0. The number of sulfonamides is 1. The van der Waals surface area contributed by atoms with E-state index in [1.807, 2.05) is 0 Å². The van der Waals surface area contributed by atoms with Gasteiger partial charge in [-0.1, -0.05) is 18.2 Å². The largest absolute Gasteiger partial charge is 0.573 e. The van der Waals surface area contributed by atoms with Gasteiger partial charge in [0.25, 0.3) is 10.0 Å². The van der Waals surface area contributed by atoms with Crippen LogP contribution in [-0.2, 0) is 16.6 Å². The Morgan fingerprint density at radius 3 is 2.52 bits per heavy atom. The topological polar surface area (TPSA) is 86.1 Å². The number of rotatable bonds is 6. The van der Waals surface area contributed by atoms with Gasteiger partial charge in [0.05, 0.1) is 12.2 Å². The second-order valence-electron chi connectivity index (χ2n) is 5.32. The Morgan fingerprint density at radius 2 is 1.81 bits per heavy atom. The van der Waals surface area contributed by atoms with Crippen LogP contribution in [0.15, 0.2) is 65.8 Å². The summed E-state index contributed by atoms with van der Waals surface area (Å²) in [6.07, 6.45) is -1.89. The average Bonchev–Trinajstić information content (AvgIpc) is 3.01. The fourth-order valence-corrected chi connectivity index (χ4v) is 3.36. The quantitative estimate of drug-likeness (QED) is 0.690. The number of hydrogen-bond donors (Lipinski definition) is 1. The molecule has 0 atom stereocenters. The first-order chi connectivity index (χ1) is 12.7. The van der Waals surface area contributed by atoms with Crippen LogP contribution in [0.1, 0.15) is 5.69 Å². The summed E-state index contributed by atoms with van der Waals surface area (Å²) in [6, 6.07) is 11.2. The Hall–Kier alpha value is -3.08. The molecule has 27 heavy (non-hydrogen) atoms. The van der Waals surface area contributed by atoms with Crippen molar-refractivity contribution in [1.82, 2.24) is 14.8 Å². The van der Waals surface area contributed by atoms with E-state index in [0.717, 1.165) is 12.1 Å². The van der Waals surface area contributed by atoms with Crippen molar-refractivity contribution in [3.05, 3.63) is 66.6 Å². The number of pyridine rings is 1. The molecule has 0 fully saturated rings. The Balaban J connectivity index is 1.80. The van der Waals surface area contributed by atoms with Gasteiger partial charge in [-0.3, -0.25) is 14.4 Å². The number of halogens is 3. The number of aromatic nitrogens is 3. The maximum Gasteiger partial charge on any atom is 0.573 e. The van der Waals surface area contributed by atoms with Gasteiger partial charge in [0.2, 0.25) is 0 Å². The SMILES string of the molecule is O=S(=O)(Nc1ccn(Cc2ccccn2)n1)c1ccccc1OC(F)(F)F. The lowest BCUT2D eigenvalue weighted by atomic mass is 10.3. The van der Waals surface area contributed by atoms with E-state index in [4.69, 9.17) is 0 Å². The highest BCUT2D eigenvalue weighted by Gasteiger charge is 2.34. The fourth-order valence-electron chi connectivity index (χ4n) is 2.24. The molecule has 3 aromatic rings. The van der Waals surface area contributed by atoms with Crippen molar-refractivity contribution in [1.29, 1.82) is 0 Å². The fraction of sp³-hybridized carbons (Fsp3) is 0.125. The number of hydrogen-bond acceptors (Lipinski definition) is 5. The number of para-hydroxylation sites is 1. The minimum atomic E-state index is -5.02. The molecule has 0 aliphatic carbocycles. The molecule has 3 rings (SSSR count). The molecule has 2 heterocycles. The van der Waals surface area contributed by atoms with Gasteiger partial charge in [-0.25, -0.2) is 8.42 Å². The van der Waals surface area contributed by atoms with Gasteiger partial charge < -0.3 is 4.74 Å². The van der Waals surface area contributed by atoms with Crippen molar-refractivity contribution in [2.45, 2.75) is 17.8 Å². The number of ether oxygens (including phenoxy) is 1. The summed E-state index contributed by atoms with van der Waals surface area (Å²) in [6.45, 7) is 0.302. The van der Waals surface area contributed by atoms with E-state index in [9.17, 15) is 21.6 Å². The van der Waals surface area contributed by atoms with E-state index < -0.39 is 27.0 Å². The molecule has 2 aromatic heterocycles. The number of anilines is 1. The number of nitrogens with zero attached hydrogens (tertiary/aromatic N) is 3. The highest BCUT2D eigenvalue weighted by atomic mass is 32.2. The molecule has 1 N–H and O–H groups in total. The molecule has 0 bridgehead atoms. The summed E-state index contributed by atoms with van der Waals surface area (Å²) in [5.41, 5.74) is 0.707. The van der Waals surface area contributed by atoms with Crippen LogP contribution >= 0.6 is 0 Å². The van der Waals surface area contributed by atoms with E-state index in [1.165, 1.54) is 29.1 Å². The smallest absolute Gasteiger partial charge is 0.404 e. The molecule has 11 heteroatoms. The maximum atomic E-state index is 12.5. The molecular formula is C16H13F3N4O3S. The van der Waals surface area contributed by atoms with Crippen molar-refractivity contribution >= 4 is 15.8 Å². The van der Waals surface area contributed by atoms with Gasteiger partial charge in [0.15, 0.2) is 5.82 Å². The zero-order chi connectivity index (χ0) is 19.5. The van der Waals surface area contributed by atoms with Crippen LogP contribution in [0.5, 0.6) is 5.75 Å². The molecule has 0 saturated carbocycles. The van der Waals surface area contributed by atoms with E-state index >= 15 is 0 Å². The van der Waals surface area contributed by atoms with E-state index in [0.29, 0.717) is 12.2 Å². The molecule has 0 spiro atoms. The molecule has 7 nitrogen and oxygen atoms in total. The number of alkyl halides is 3. The minimum Gasteiger partial charge on any atom is -0.404 e. The number of benzene rings is 1. The normalized spacial score (nSPS) is 12.0. The standard InChI is InChI=1S/C16H13F3N4O3S/c17-16(18,19)26-13-6-1-2-7-14(13)27(24,25)22-15-8-10-23(21-15)11-12-5-3-4-9-20-12/h1-10H,11H2,(H,21,22). The van der Waals surface area contributed by atoms with Crippen LogP contribution in [0.3, 0.4) is 0 Å². The molecular weight excluding hydrogens is 385 g/mol. The van der Waals surface area contributed by atoms with Gasteiger partial charge in [-0.15, -0.1) is 13.2 Å². The van der Waals surface area contributed by atoms with Gasteiger partial charge in [-0.05, 0) is 24.3 Å². The Bertz CT molecular complexity index is 1020. The average molecular weight is 398 g/mol. The third-order valence-corrected chi connectivity index (χ3v) is 4.69. The molecule has 1 aromatic carbocycles. The predicted octanol–water partition coefficient (Wildman–Crippen LogP) is 3.03. The summed E-state index contributed by atoms with van der Waals surface area (Å²) in [7, 11) is -4.34. The molecule has 0 aliphatic rings. The lowest BCUT2D eigenvalue weighted by Crippen LogP contribution is -2.21. The second kappa shape index (κ2) is 7.27. The third-order valence-electron chi connectivity index (χ3n) is 3.29. The van der Waals surface area contributed by atoms with Crippen molar-refractivity contribution < 1.29 is 26.3 Å². The first-order valence-electron chi connectivity index (χ1n) is 7.54. The van der Waals surface area contributed by atoms with Crippen molar-refractivity contribution in [3.8, 4) is 5.75 Å². The first kappa shape index (κ1) is 18.7.